The van der Waals surface area contributed by atoms with Gasteiger partial charge in [0.15, 0.2) is 11.5 Å². The Kier molecular flexibility index (Phi) is 3.65. The predicted molar refractivity (Wildman–Crippen MR) is 64.2 cm³/mol. The van der Waals surface area contributed by atoms with Crippen molar-refractivity contribution in [2.75, 3.05) is 13.4 Å². The van der Waals surface area contributed by atoms with Crippen molar-refractivity contribution in [1.29, 1.82) is 0 Å². The zero-order chi connectivity index (χ0) is 13.8. The molecular weight excluding hydrogens is 254 g/mol. The van der Waals surface area contributed by atoms with Crippen molar-refractivity contribution in [2.24, 2.45) is 0 Å². The number of nitro groups is 1. The number of benzene rings is 1. The lowest BCUT2D eigenvalue weighted by atomic mass is 10.1. The van der Waals surface area contributed by atoms with E-state index in [2.05, 4.69) is 4.74 Å². The summed E-state index contributed by atoms with van der Waals surface area (Å²) < 4.78 is 14.9. The van der Waals surface area contributed by atoms with E-state index < -0.39 is 16.6 Å². The first-order chi connectivity index (χ1) is 9.11. The van der Waals surface area contributed by atoms with Gasteiger partial charge in [-0.25, -0.2) is 4.79 Å². The van der Waals surface area contributed by atoms with Gasteiger partial charge in [0.1, 0.15) is 0 Å². The Labute approximate surface area is 108 Å². The molecule has 0 N–H and O–H groups in total. The first-order valence-electron chi connectivity index (χ1n) is 5.54. The van der Waals surface area contributed by atoms with Crippen LogP contribution in [0.2, 0.25) is 0 Å². The minimum atomic E-state index is -0.967. The van der Waals surface area contributed by atoms with E-state index in [0.29, 0.717) is 17.1 Å². The molecule has 0 unspecified atom stereocenters. The zero-order valence-corrected chi connectivity index (χ0v) is 10.1. The summed E-state index contributed by atoms with van der Waals surface area (Å²) in [6.45, 7) is 1.77. The van der Waals surface area contributed by atoms with E-state index in [9.17, 15) is 14.9 Å². The number of fused-ring (bicyclic) bond motifs is 1. The van der Waals surface area contributed by atoms with Crippen molar-refractivity contribution in [2.45, 2.75) is 6.92 Å². The predicted octanol–water partition coefficient (Wildman–Crippen LogP) is 1.60. The van der Waals surface area contributed by atoms with E-state index in [4.69, 9.17) is 9.47 Å². The Hall–Kier alpha value is -2.57. The first kappa shape index (κ1) is 12.9. The van der Waals surface area contributed by atoms with E-state index >= 15 is 0 Å². The van der Waals surface area contributed by atoms with Gasteiger partial charge >= 0.3 is 11.7 Å². The highest BCUT2D eigenvalue weighted by atomic mass is 16.7. The van der Waals surface area contributed by atoms with Gasteiger partial charge in [0.2, 0.25) is 6.79 Å². The maximum absolute atomic E-state index is 11.4. The molecule has 7 heteroatoms. The molecule has 0 saturated carbocycles. The summed E-state index contributed by atoms with van der Waals surface area (Å²) in [6.07, 6.45) is 1.14. The quantitative estimate of drug-likeness (QED) is 0.355. The number of ether oxygens (including phenoxy) is 3. The van der Waals surface area contributed by atoms with Gasteiger partial charge in [-0.3, -0.25) is 10.1 Å². The number of esters is 1. The van der Waals surface area contributed by atoms with E-state index in [1.807, 2.05) is 0 Å². The van der Waals surface area contributed by atoms with Crippen molar-refractivity contribution in [1.82, 2.24) is 0 Å². The molecule has 1 aromatic rings. The number of nitrogens with zero attached hydrogens (tertiary/aromatic N) is 1. The molecule has 0 spiro atoms. The lowest BCUT2D eigenvalue weighted by Gasteiger charge is -2.00. The molecule has 1 aliphatic heterocycles. The molecule has 1 aromatic carbocycles. The Bertz CT molecular complexity index is 551. The molecule has 0 saturated heterocycles. The topological polar surface area (TPSA) is 87.9 Å². The standard InChI is InChI=1S/C12H11NO6/c1-2-17-12(14)9(13(15)16)5-8-3-4-10-11(6-8)19-7-18-10/h3-6H,2,7H2,1H3. The summed E-state index contributed by atoms with van der Waals surface area (Å²) in [5.74, 6) is 0.0846. The van der Waals surface area contributed by atoms with Gasteiger partial charge in [0.05, 0.1) is 11.5 Å². The van der Waals surface area contributed by atoms with Crippen molar-refractivity contribution in [3.63, 3.8) is 0 Å². The fourth-order valence-electron chi connectivity index (χ4n) is 1.55. The normalized spacial score (nSPS) is 13.2. The van der Waals surface area contributed by atoms with Gasteiger partial charge in [-0.1, -0.05) is 6.07 Å². The SMILES string of the molecule is CCOC(=O)C(=Cc1ccc2c(c1)OCO2)[N+](=O)[O-]. The summed E-state index contributed by atoms with van der Waals surface area (Å²) >= 11 is 0. The number of hydrogen-bond donors (Lipinski definition) is 0. The molecule has 0 fully saturated rings. The van der Waals surface area contributed by atoms with Gasteiger partial charge in [-0.2, -0.15) is 0 Å². The third kappa shape index (κ3) is 2.82. The highest BCUT2D eigenvalue weighted by Gasteiger charge is 2.23. The first-order valence-corrected chi connectivity index (χ1v) is 5.54. The number of carbonyl (C=O) groups is 1. The van der Waals surface area contributed by atoms with E-state index in [-0.39, 0.29) is 13.4 Å². The van der Waals surface area contributed by atoms with Crippen LogP contribution in [0.1, 0.15) is 12.5 Å². The minimum Gasteiger partial charge on any atom is -0.458 e. The fourth-order valence-corrected chi connectivity index (χ4v) is 1.55. The summed E-state index contributed by atoms with van der Waals surface area (Å²) in [6, 6.07) is 4.78. The zero-order valence-electron chi connectivity index (χ0n) is 10.1. The average Bonchev–Trinajstić information content (AvgIpc) is 2.83. The molecule has 7 nitrogen and oxygen atoms in total. The smallest absolute Gasteiger partial charge is 0.409 e. The van der Waals surface area contributed by atoms with Crippen LogP contribution in [0, 0.1) is 10.1 Å². The van der Waals surface area contributed by atoms with E-state index in [1.165, 1.54) is 0 Å². The summed E-state index contributed by atoms with van der Waals surface area (Å²) in [4.78, 5) is 21.5. The molecule has 19 heavy (non-hydrogen) atoms. The second kappa shape index (κ2) is 5.38. The van der Waals surface area contributed by atoms with Crippen molar-refractivity contribution in [3.05, 3.63) is 39.6 Å². The fraction of sp³-hybridized carbons (Fsp3) is 0.250. The largest absolute Gasteiger partial charge is 0.458 e. The summed E-state index contributed by atoms with van der Waals surface area (Å²) in [5, 5.41) is 10.8. The van der Waals surface area contributed by atoms with Crippen LogP contribution in [-0.2, 0) is 9.53 Å². The molecule has 0 atom stereocenters. The molecule has 0 aromatic heterocycles. The van der Waals surface area contributed by atoms with Crippen molar-refractivity contribution >= 4 is 12.0 Å². The van der Waals surface area contributed by atoms with Crippen LogP contribution < -0.4 is 9.47 Å². The number of hydrogen-bond acceptors (Lipinski definition) is 6. The lowest BCUT2D eigenvalue weighted by molar-refractivity contribution is -0.419. The maximum atomic E-state index is 11.4. The molecule has 0 aliphatic carbocycles. The Balaban J connectivity index is 2.31. The molecule has 1 aliphatic rings. The highest BCUT2D eigenvalue weighted by Crippen LogP contribution is 2.33. The van der Waals surface area contributed by atoms with E-state index in [0.717, 1.165) is 6.08 Å². The second-order valence-corrected chi connectivity index (χ2v) is 3.62. The van der Waals surface area contributed by atoms with Crippen LogP contribution in [0.3, 0.4) is 0 Å². The van der Waals surface area contributed by atoms with Crippen molar-refractivity contribution in [3.8, 4) is 11.5 Å². The van der Waals surface area contributed by atoms with Gasteiger partial charge in [-0.05, 0) is 24.6 Å². The van der Waals surface area contributed by atoms with E-state index in [1.54, 1.807) is 25.1 Å². The number of rotatable bonds is 4. The van der Waals surface area contributed by atoms with Crippen LogP contribution in [0.25, 0.3) is 6.08 Å². The van der Waals surface area contributed by atoms with Crippen LogP contribution in [0.5, 0.6) is 11.5 Å². The van der Waals surface area contributed by atoms with Crippen LogP contribution >= 0.6 is 0 Å². The highest BCUT2D eigenvalue weighted by molar-refractivity contribution is 5.91. The molecule has 0 bridgehead atoms. The lowest BCUT2D eigenvalue weighted by Crippen LogP contribution is -2.14. The van der Waals surface area contributed by atoms with Crippen LogP contribution in [-0.4, -0.2) is 24.3 Å². The third-order valence-corrected chi connectivity index (χ3v) is 2.38. The second-order valence-electron chi connectivity index (χ2n) is 3.62. The van der Waals surface area contributed by atoms with Crippen molar-refractivity contribution < 1.29 is 23.9 Å². The van der Waals surface area contributed by atoms with Crippen LogP contribution in [0.15, 0.2) is 23.9 Å². The maximum Gasteiger partial charge on any atom is 0.409 e. The van der Waals surface area contributed by atoms with Gasteiger partial charge < -0.3 is 14.2 Å². The molecular formula is C12H11NO6. The van der Waals surface area contributed by atoms with Gasteiger partial charge in [0, 0.05) is 6.08 Å². The van der Waals surface area contributed by atoms with Crippen LogP contribution in [0.4, 0.5) is 0 Å². The molecule has 0 radical (unpaired) electrons. The third-order valence-electron chi connectivity index (χ3n) is 2.38. The van der Waals surface area contributed by atoms with Gasteiger partial charge in [0.25, 0.3) is 0 Å². The summed E-state index contributed by atoms with van der Waals surface area (Å²) in [5.41, 5.74) is -0.162. The monoisotopic (exact) mass is 265 g/mol. The average molecular weight is 265 g/mol. The Morgan fingerprint density at radius 1 is 1.47 bits per heavy atom. The molecule has 100 valence electrons. The Morgan fingerprint density at radius 2 is 2.21 bits per heavy atom. The summed E-state index contributed by atoms with van der Waals surface area (Å²) in [7, 11) is 0. The molecule has 0 amide bonds. The minimum absolute atomic E-state index is 0.0746. The molecule has 1 heterocycles. The molecule has 2 rings (SSSR count). The number of carbonyl (C=O) groups excluding carboxylic acids is 1. The Morgan fingerprint density at radius 3 is 2.89 bits per heavy atom. The van der Waals surface area contributed by atoms with Gasteiger partial charge in [-0.15, -0.1) is 0 Å².